The van der Waals surface area contributed by atoms with Crippen molar-refractivity contribution >= 4 is 6.29 Å². The van der Waals surface area contributed by atoms with Crippen LogP contribution in [0.1, 0.15) is 21.6 Å². The maximum Gasteiger partial charge on any atom is 0.153 e. The van der Waals surface area contributed by atoms with Crippen molar-refractivity contribution in [2.24, 2.45) is 0 Å². The van der Waals surface area contributed by atoms with E-state index in [2.05, 4.69) is 10.1 Å². The number of pyridine rings is 1. The smallest absolute Gasteiger partial charge is 0.153 e. The van der Waals surface area contributed by atoms with Crippen LogP contribution in [-0.2, 0) is 6.61 Å². The monoisotopic (exact) mass is 293 g/mol. The van der Waals surface area contributed by atoms with Crippen molar-refractivity contribution in [1.29, 1.82) is 0 Å². The molecule has 0 N–H and O–H groups in total. The van der Waals surface area contributed by atoms with Gasteiger partial charge in [0.05, 0.1) is 5.69 Å². The summed E-state index contributed by atoms with van der Waals surface area (Å²) < 4.78 is 7.47. The Hall–Kier alpha value is -2.95. The second-order valence-corrected chi connectivity index (χ2v) is 4.85. The van der Waals surface area contributed by atoms with Crippen molar-refractivity contribution < 1.29 is 9.53 Å². The standard InChI is InChI=1S/C17H15N3O2/c1-13-15(10-20(19-13)17-4-2-3-9-18-17)12-22-16-7-5-14(11-21)6-8-16/h2-11H,12H2,1H3. The third kappa shape index (κ3) is 3.03. The van der Waals surface area contributed by atoms with Crippen LogP contribution in [0.4, 0.5) is 0 Å². The first kappa shape index (κ1) is 14.0. The molecule has 1 aromatic carbocycles. The first-order valence-corrected chi connectivity index (χ1v) is 6.91. The van der Waals surface area contributed by atoms with Gasteiger partial charge in [0.25, 0.3) is 0 Å². The summed E-state index contributed by atoms with van der Waals surface area (Å²) in [7, 11) is 0. The average Bonchev–Trinajstić information content (AvgIpc) is 2.95. The molecule has 5 nitrogen and oxygen atoms in total. The van der Waals surface area contributed by atoms with E-state index in [9.17, 15) is 4.79 Å². The highest BCUT2D eigenvalue weighted by Crippen LogP contribution is 2.16. The third-order valence-corrected chi connectivity index (χ3v) is 3.30. The quantitative estimate of drug-likeness (QED) is 0.679. The number of aldehydes is 1. The molecule has 2 heterocycles. The minimum Gasteiger partial charge on any atom is -0.489 e. The average molecular weight is 293 g/mol. The van der Waals surface area contributed by atoms with Gasteiger partial charge in [-0.05, 0) is 43.3 Å². The molecule has 0 radical (unpaired) electrons. The van der Waals surface area contributed by atoms with Gasteiger partial charge in [-0.2, -0.15) is 5.10 Å². The zero-order valence-electron chi connectivity index (χ0n) is 12.1. The summed E-state index contributed by atoms with van der Waals surface area (Å²) in [6, 6.07) is 12.7. The molecule has 0 spiro atoms. The summed E-state index contributed by atoms with van der Waals surface area (Å²) in [6.07, 6.45) is 4.46. The number of aryl methyl sites for hydroxylation is 1. The molecular formula is C17H15N3O2. The lowest BCUT2D eigenvalue weighted by atomic mass is 10.2. The van der Waals surface area contributed by atoms with Gasteiger partial charge >= 0.3 is 0 Å². The van der Waals surface area contributed by atoms with Crippen LogP contribution in [-0.4, -0.2) is 21.1 Å². The van der Waals surface area contributed by atoms with Gasteiger partial charge in [-0.3, -0.25) is 4.79 Å². The van der Waals surface area contributed by atoms with Gasteiger partial charge in [-0.15, -0.1) is 0 Å². The molecule has 22 heavy (non-hydrogen) atoms. The van der Waals surface area contributed by atoms with Crippen LogP contribution in [0.2, 0.25) is 0 Å². The number of nitrogens with zero attached hydrogens (tertiary/aromatic N) is 3. The lowest BCUT2D eigenvalue weighted by Gasteiger charge is -2.05. The fraction of sp³-hybridized carbons (Fsp3) is 0.118. The van der Waals surface area contributed by atoms with Gasteiger partial charge in [0.1, 0.15) is 18.6 Å². The molecule has 0 aliphatic carbocycles. The van der Waals surface area contributed by atoms with Crippen LogP contribution in [0.15, 0.2) is 54.9 Å². The normalized spacial score (nSPS) is 10.4. The molecule has 0 unspecified atom stereocenters. The highest BCUT2D eigenvalue weighted by molar-refractivity contribution is 5.74. The molecule has 2 aromatic heterocycles. The Kier molecular flexibility index (Phi) is 3.96. The van der Waals surface area contributed by atoms with Crippen LogP contribution in [0.25, 0.3) is 5.82 Å². The van der Waals surface area contributed by atoms with Crippen molar-refractivity contribution in [3.63, 3.8) is 0 Å². The van der Waals surface area contributed by atoms with E-state index in [0.717, 1.165) is 29.1 Å². The van der Waals surface area contributed by atoms with Crippen molar-refractivity contribution in [3.05, 3.63) is 71.7 Å². The van der Waals surface area contributed by atoms with Gasteiger partial charge < -0.3 is 4.74 Å². The zero-order valence-corrected chi connectivity index (χ0v) is 12.1. The van der Waals surface area contributed by atoms with Gasteiger partial charge in [0.2, 0.25) is 0 Å². The number of rotatable bonds is 5. The maximum atomic E-state index is 10.6. The Morgan fingerprint density at radius 3 is 2.68 bits per heavy atom. The lowest BCUT2D eigenvalue weighted by Crippen LogP contribution is -1.97. The van der Waals surface area contributed by atoms with E-state index in [-0.39, 0.29) is 0 Å². The number of ether oxygens (including phenoxy) is 1. The molecule has 0 saturated carbocycles. The number of hydrogen-bond acceptors (Lipinski definition) is 4. The summed E-state index contributed by atoms with van der Waals surface area (Å²) in [5.74, 6) is 1.49. The Bertz CT molecular complexity index is 764. The molecule has 110 valence electrons. The molecular weight excluding hydrogens is 278 g/mol. The van der Waals surface area contributed by atoms with Crippen molar-refractivity contribution in [2.45, 2.75) is 13.5 Å². The fourth-order valence-corrected chi connectivity index (χ4v) is 2.05. The largest absolute Gasteiger partial charge is 0.489 e. The lowest BCUT2D eigenvalue weighted by molar-refractivity contribution is 0.112. The summed E-state index contributed by atoms with van der Waals surface area (Å²) >= 11 is 0. The zero-order chi connectivity index (χ0) is 15.4. The van der Waals surface area contributed by atoms with Crippen LogP contribution in [0, 0.1) is 6.92 Å². The number of benzene rings is 1. The van der Waals surface area contributed by atoms with Crippen molar-refractivity contribution in [2.75, 3.05) is 0 Å². The van der Waals surface area contributed by atoms with E-state index in [1.807, 2.05) is 31.3 Å². The molecule has 0 fully saturated rings. The molecule has 3 rings (SSSR count). The molecule has 0 amide bonds. The Morgan fingerprint density at radius 2 is 2.00 bits per heavy atom. The first-order chi connectivity index (χ1) is 10.8. The number of carbonyl (C=O) groups excluding carboxylic acids is 1. The van der Waals surface area contributed by atoms with Gasteiger partial charge in [-0.1, -0.05) is 6.07 Å². The maximum absolute atomic E-state index is 10.6. The molecule has 5 heteroatoms. The number of aromatic nitrogens is 3. The van der Waals surface area contributed by atoms with E-state index in [1.54, 1.807) is 35.1 Å². The second-order valence-electron chi connectivity index (χ2n) is 4.85. The minimum absolute atomic E-state index is 0.416. The first-order valence-electron chi connectivity index (χ1n) is 6.91. The highest BCUT2D eigenvalue weighted by Gasteiger charge is 2.07. The summed E-state index contributed by atoms with van der Waals surface area (Å²) in [6.45, 7) is 2.35. The van der Waals surface area contributed by atoms with E-state index in [1.165, 1.54) is 0 Å². The predicted molar refractivity (Wildman–Crippen MR) is 82.3 cm³/mol. The summed E-state index contributed by atoms with van der Waals surface area (Å²) in [5, 5.41) is 4.45. The molecule has 0 aliphatic heterocycles. The highest BCUT2D eigenvalue weighted by atomic mass is 16.5. The SMILES string of the molecule is Cc1nn(-c2ccccn2)cc1COc1ccc(C=O)cc1. The summed E-state index contributed by atoms with van der Waals surface area (Å²) in [5.41, 5.74) is 2.52. The van der Waals surface area contributed by atoms with E-state index in [4.69, 9.17) is 4.74 Å². The number of carbonyl (C=O) groups is 1. The van der Waals surface area contributed by atoms with Crippen molar-refractivity contribution in [3.8, 4) is 11.6 Å². The van der Waals surface area contributed by atoms with Crippen LogP contribution < -0.4 is 4.74 Å². The molecule has 0 atom stereocenters. The van der Waals surface area contributed by atoms with E-state index >= 15 is 0 Å². The Labute approximate surface area is 128 Å². The minimum atomic E-state index is 0.416. The van der Waals surface area contributed by atoms with E-state index in [0.29, 0.717) is 12.2 Å². The van der Waals surface area contributed by atoms with Crippen LogP contribution in [0.5, 0.6) is 5.75 Å². The van der Waals surface area contributed by atoms with Gasteiger partial charge in [0, 0.05) is 23.5 Å². The Balaban J connectivity index is 1.72. The molecule has 0 bridgehead atoms. The summed E-state index contributed by atoms with van der Waals surface area (Å²) in [4.78, 5) is 14.9. The fourth-order valence-electron chi connectivity index (χ4n) is 2.05. The third-order valence-electron chi connectivity index (χ3n) is 3.30. The van der Waals surface area contributed by atoms with Crippen molar-refractivity contribution in [1.82, 2.24) is 14.8 Å². The van der Waals surface area contributed by atoms with Gasteiger partial charge in [-0.25, -0.2) is 9.67 Å². The topological polar surface area (TPSA) is 57.0 Å². The Morgan fingerprint density at radius 1 is 1.18 bits per heavy atom. The molecule has 3 aromatic rings. The predicted octanol–water partition coefficient (Wildman–Crippen LogP) is 2.97. The van der Waals surface area contributed by atoms with Crippen LogP contribution >= 0.6 is 0 Å². The second kappa shape index (κ2) is 6.22. The number of hydrogen-bond donors (Lipinski definition) is 0. The molecule has 0 saturated heterocycles. The van der Waals surface area contributed by atoms with Crippen LogP contribution in [0.3, 0.4) is 0 Å². The van der Waals surface area contributed by atoms with Gasteiger partial charge in [0.15, 0.2) is 5.82 Å². The molecule has 0 aliphatic rings. The van der Waals surface area contributed by atoms with E-state index < -0.39 is 0 Å².